The molecule has 1 aliphatic carbocycles. The highest BCUT2D eigenvalue weighted by Crippen LogP contribution is 2.37. The predicted molar refractivity (Wildman–Crippen MR) is 108 cm³/mol. The third-order valence-electron chi connectivity index (χ3n) is 5.60. The molecule has 1 aliphatic rings. The van der Waals surface area contributed by atoms with Crippen LogP contribution in [0.4, 0.5) is 19.0 Å². The average Bonchev–Trinajstić information content (AvgIpc) is 3.19. The van der Waals surface area contributed by atoms with Gasteiger partial charge in [0.1, 0.15) is 30.3 Å². The van der Waals surface area contributed by atoms with Gasteiger partial charge in [-0.3, -0.25) is 9.78 Å². The summed E-state index contributed by atoms with van der Waals surface area (Å²) in [6.45, 7) is 0.183. The third-order valence-corrected chi connectivity index (χ3v) is 5.60. The Morgan fingerprint density at radius 2 is 2.06 bits per heavy atom. The van der Waals surface area contributed by atoms with Crippen molar-refractivity contribution >= 4 is 22.6 Å². The molecule has 0 unspecified atom stereocenters. The van der Waals surface area contributed by atoms with Crippen molar-refractivity contribution in [3.8, 4) is 0 Å². The van der Waals surface area contributed by atoms with Crippen LogP contribution in [0.2, 0.25) is 0 Å². The van der Waals surface area contributed by atoms with Crippen molar-refractivity contribution in [2.24, 2.45) is 5.92 Å². The van der Waals surface area contributed by atoms with E-state index in [1.165, 1.54) is 25.8 Å². The van der Waals surface area contributed by atoms with Gasteiger partial charge in [0.25, 0.3) is 0 Å². The Hall–Kier alpha value is -3.01. The highest BCUT2D eigenvalue weighted by atomic mass is 19.3. The third kappa shape index (κ3) is 4.53. The summed E-state index contributed by atoms with van der Waals surface area (Å²) >= 11 is 0. The van der Waals surface area contributed by atoms with Gasteiger partial charge in [-0.1, -0.05) is 0 Å². The highest BCUT2D eigenvalue weighted by molar-refractivity contribution is 6.17. The predicted octanol–water partition coefficient (Wildman–Crippen LogP) is 4.11. The molecule has 7 nitrogen and oxygen atoms in total. The molecule has 10 heteroatoms. The van der Waals surface area contributed by atoms with E-state index in [2.05, 4.69) is 25.3 Å². The number of aromatic nitrogens is 4. The number of ether oxygens (including phenoxy) is 1. The summed E-state index contributed by atoms with van der Waals surface area (Å²) in [5, 5.41) is 3.42. The molecule has 0 aromatic carbocycles. The van der Waals surface area contributed by atoms with E-state index in [0.717, 1.165) is 6.07 Å². The number of halogens is 3. The number of hydrogen-bond acceptors (Lipinski definition) is 6. The zero-order chi connectivity index (χ0) is 22.0. The first-order chi connectivity index (χ1) is 14.9. The molecule has 0 amide bonds. The smallest absolute Gasteiger partial charge is 0.248 e. The van der Waals surface area contributed by atoms with Crippen LogP contribution in [0.3, 0.4) is 0 Å². The fraction of sp³-hybridized carbons (Fsp3) is 0.429. The molecule has 3 aromatic heterocycles. The van der Waals surface area contributed by atoms with E-state index in [1.807, 2.05) is 0 Å². The number of fused-ring (bicyclic) bond motifs is 1. The summed E-state index contributed by atoms with van der Waals surface area (Å²) in [6, 6.07) is 1.15. The van der Waals surface area contributed by atoms with E-state index >= 15 is 0 Å². The summed E-state index contributed by atoms with van der Waals surface area (Å²) < 4.78 is 46.3. The number of anilines is 1. The van der Waals surface area contributed by atoms with E-state index in [1.54, 1.807) is 0 Å². The molecular weight excluding hydrogens is 411 g/mol. The quantitative estimate of drug-likeness (QED) is 0.430. The van der Waals surface area contributed by atoms with Crippen LogP contribution in [-0.2, 0) is 11.2 Å². The second kappa shape index (κ2) is 8.62. The van der Waals surface area contributed by atoms with Gasteiger partial charge in [0.15, 0.2) is 5.78 Å². The van der Waals surface area contributed by atoms with Gasteiger partial charge in [0.2, 0.25) is 5.92 Å². The van der Waals surface area contributed by atoms with Crippen LogP contribution < -0.4 is 5.32 Å². The Morgan fingerprint density at radius 1 is 1.29 bits per heavy atom. The Balaban J connectivity index is 1.55. The van der Waals surface area contributed by atoms with Crippen molar-refractivity contribution in [2.75, 3.05) is 19.2 Å². The lowest BCUT2D eigenvalue weighted by atomic mass is 9.84. The van der Waals surface area contributed by atoms with Crippen molar-refractivity contribution < 1.29 is 22.7 Å². The van der Waals surface area contributed by atoms with Gasteiger partial charge in [0.05, 0.1) is 16.6 Å². The van der Waals surface area contributed by atoms with E-state index in [4.69, 9.17) is 4.74 Å². The van der Waals surface area contributed by atoms with Gasteiger partial charge in [-0.15, -0.1) is 0 Å². The van der Waals surface area contributed by atoms with Gasteiger partial charge in [-0.2, -0.15) is 0 Å². The number of nitrogens with zero attached hydrogens (tertiary/aromatic N) is 3. The Morgan fingerprint density at radius 3 is 2.77 bits per heavy atom. The van der Waals surface area contributed by atoms with Crippen molar-refractivity contribution in [1.82, 2.24) is 19.9 Å². The molecule has 3 heterocycles. The molecule has 0 spiro atoms. The minimum Gasteiger partial charge on any atom is -0.365 e. The molecule has 31 heavy (non-hydrogen) atoms. The van der Waals surface area contributed by atoms with Crippen LogP contribution in [0.15, 0.2) is 24.8 Å². The summed E-state index contributed by atoms with van der Waals surface area (Å²) in [5.41, 5.74) is 1.00. The molecule has 4 rings (SSSR count). The molecule has 3 aromatic rings. The fourth-order valence-electron chi connectivity index (χ4n) is 3.89. The van der Waals surface area contributed by atoms with Gasteiger partial charge >= 0.3 is 0 Å². The molecule has 0 atom stereocenters. The standard InChI is InChI=1S/C21H22F3N5O2/c1-31-11-29-20-17-14(9-26-19(17)27-10-28-20)18(30)13-7-15(22)16(25-8-13)6-12-2-4-21(23,24)5-3-12/h7-10,12H,2-6,11H2,1H3,(H2,26,27,28,29). The van der Waals surface area contributed by atoms with Crippen LogP contribution in [0.25, 0.3) is 11.0 Å². The fourth-order valence-corrected chi connectivity index (χ4v) is 3.89. The van der Waals surface area contributed by atoms with Crippen LogP contribution in [0, 0.1) is 11.7 Å². The van der Waals surface area contributed by atoms with E-state index in [0.29, 0.717) is 29.7 Å². The van der Waals surface area contributed by atoms with Crippen LogP contribution >= 0.6 is 0 Å². The first kappa shape index (κ1) is 21.2. The minimum atomic E-state index is -2.63. The first-order valence-corrected chi connectivity index (χ1v) is 10.00. The second-order valence-electron chi connectivity index (χ2n) is 7.74. The van der Waals surface area contributed by atoms with E-state index in [-0.39, 0.29) is 48.7 Å². The normalized spacial score (nSPS) is 16.5. The highest BCUT2D eigenvalue weighted by Gasteiger charge is 2.35. The zero-order valence-corrected chi connectivity index (χ0v) is 16.9. The Bertz CT molecular complexity index is 1090. The van der Waals surface area contributed by atoms with E-state index < -0.39 is 17.5 Å². The van der Waals surface area contributed by atoms with Crippen LogP contribution in [0.1, 0.15) is 47.3 Å². The number of nitrogens with one attached hydrogen (secondary N) is 2. The SMILES string of the molecule is COCNc1ncnc2[nH]cc(C(=O)c3cnc(CC4CCC(F)(F)CC4)c(F)c3)c12. The monoisotopic (exact) mass is 433 g/mol. The van der Waals surface area contributed by atoms with Crippen molar-refractivity contribution in [1.29, 1.82) is 0 Å². The van der Waals surface area contributed by atoms with E-state index in [9.17, 15) is 18.0 Å². The molecule has 0 radical (unpaired) electrons. The molecule has 2 N–H and O–H groups in total. The summed E-state index contributed by atoms with van der Waals surface area (Å²) in [7, 11) is 1.52. The number of pyridine rings is 1. The van der Waals surface area contributed by atoms with Crippen molar-refractivity contribution in [3.63, 3.8) is 0 Å². The number of carbonyl (C=O) groups is 1. The second-order valence-corrected chi connectivity index (χ2v) is 7.74. The first-order valence-electron chi connectivity index (χ1n) is 10.00. The average molecular weight is 433 g/mol. The zero-order valence-electron chi connectivity index (χ0n) is 16.9. The maximum absolute atomic E-state index is 14.7. The van der Waals surface area contributed by atoms with Crippen molar-refractivity contribution in [3.05, 3.63) is 47.4 Å². The number of carbonyl (C=O) groups excluding carboxylic acids is 1. The van der Waals surface area contributed by atoms with Gasteiger partial charge in [-0.25, -0.2) is 23.1 Å². The lowest BCUT2D eigenvalue weighted by molar-refractivity contribution is -0.0457. The largest absolute Gasteiger partial charge is 0.365 e. The van der Waals surface area contributed by atoms with Crippen LogP contribution in [0.5, 0.6) is 0 Å². The van der Waals surface area contributed by atoms with Gasteiger partial charge in [0, 0.05) is 37.9 Å². The van der Waals surface area contributed by atoms with Gasteiger partial charge < -0.3 is 15.0 Å². The maximum Gasteiger partial charge on any atom is 0.248 e. The summed E-state index contributed by atoms with van der Waals surface area (Å²) in [5.74, 6) is -3.30. The molecule has 1 saturated carbocycles. The number of alkyl halides is 2. The van der Waals surface area contributed by atoms with Crippen LogP contribution in [-0.4, -0.2) is 45.5 Å². The number of hydrogen-bond donors (Lipinski definition) is 2. The number of aromatic amines is 1. The van der Waals surface area contributed by atoms with Gasteiger partial charge in [-0.05, 0) is 31.2 Å². The number of H-pyrrole nitrogens is 1. The number of ketones is 1. The maximum atomic E-state index is 14.7. The molecule has 0 saturated heterocycles. The number of rotatable bonds is 7. The molecule has 164 valence electrons. The minimum absolute atomic E-state index is 0.0386. The Kier molecular flexibility index (Phi) is 5.90. The molecular formula is C21H22F3N5O2. The summed E-state index contributed by atoms with van der Waals surface area (Å²) in [4.78, 5) is 28.3. The summed E-state index contributed by atoms with van der Waals surface area (Å²) in [6.07, 6.45) is 4.75. The molecule has 0 aliphatic heterocycles. The lowest BCUT2D eigenvalue weighted by Gasteiger charge is -2.28. The molecule has 1 fully saturated rings. The number of methoxy groups -OCH3 is 1. The topological polar surface area (TPSA) is 92.8 Å². The lowest BCUT2D eigenvalue weighted by Crippen LogP contribution is -2.26. The Labute approximate surface area is 176 Å². The van der Waals surface area contributed by atoms with Crippen molar-refractivity contribution in [2.45, 2.75) is 38.0 Å². The molecule has 0 bridgehead atoms.